The van der Waals surface area contributed by atoms with Gasteiger partial charge >= 0.3 is 0 Å². The number of amides is 2. The van der Waals surface area contributed by atoms with E-state index in [9.17, 15) is 14.0 Å². The largest absolute Gasteiger partial charge is 0.339 e. The molecule has 0 radical (unpaired) electrons. The molecule has 0 aromatic heterocycles. The molecule has 1 aromatic rings. The van der Waals surface area contributed by atoms with Gasteiger partial charge in [-0.2, -0.15) is 0 Å². The lowest BCUT2D eigenvalue weighted by molar-refractivity contribution is -0.138. The summed E-state index contributed by atoms with van der Waals surface area (Å²) in [4.78, 5) is 28.8. The van der Waals surface area contributed by atoms with Crippen molar-refractivity contribution < 1.29 is 14.0 Å². The van der Waals surface area contributed by atoms with Gasteiger partial charge in [0, 0.05) is 37.7 Å². The minimum Gasteiger partial charge on any atom is -0.339 e. The molecule has 26 heavy (non-hydrogen) atoms. The van der Waals surface area contributed by atoms with Gasteiger partial charge < -0.3 is 15.5 Å². The third-order valence-electron chi connectivity index (χ3n) is 5.58. The van der Waals surface area contributed by atoms with E-state index in [2.05, 4.69) is 0 Å². The van der Waals surface area contributed by atoms with Crippen LogP contribution in [-0.4, -0.2) is 54.3 Å². The van der Waals surface area contributed by atoms with E-state index < -0.39 is 0 Å². The van der Waals surface area contributed by atoms with Crippen LogP contribution in [0.15, 0.2) is 18.2 Å². The average Bonchev–Trinajstić information content (AvgIpc) is 3.11. The maximum absolute atomic E-state index is 13.7. The molecule has 2 atom stereocenters. The number of carbonyl (C=O) groups is 2. The Morgan fingerprint density at radius 1 is 1.15 bits per heavy atom. The van der Waals surface area contributed by atoms with E-state index in [0.717, 1.165) is 19.3 Å². The highest BCUT2D eigenvalue weighted by atomic mass is 35.5. The summed E-state index contributed by atoms with van der Waals surface area (Å²) in [5, 5.41) is 0. The van der Waals surface area contributed by atoms with Crippen molar-refractivity contribution in [1.29, 1.82) is 0 Å². The van der Waals surface area contributed by atoms with Crippen molar-refractivity contribution in [2.45, 2.75) is 26.2 Å². The van der Waals surface area contributed by atoms with Gasteiger partial charge in [0.1, 0.15) is 5.82 Å². The van der Waals surface area contributed by atoms with Crippen molar-refractivity contribution >= 4 is 24.2 Å². The Morgan fingerprint density at radius 3 is 2.42 bits per heavy atom. The lowest BCUT2D eigenvalue weighted by Crippen LogP contribution is -2.52. The van der Waals surface area contributed by atoms with Gasteiger partial charge in [0.25, 0.3) is 5.91 Å². The summed E-state index contributed by atoms with van der Waals surface area (Å²) >= 11 is 0. The SMILES string of the molecule is Cc1ccc(C(=O)N2CCN(C(=O)[C@@H]3CCC[C@@H]3CN)CC2)cc1F.Cl. The number of halogens is 2. The first-order valence-corrected chi connectivity index (χ1v) is 9.05. The topological polar surface area (TPSA) is 66.6 Å². The highest BCUT2D eigenvalue weighted by molar-refractivity contribution is 5.94. The highest BCUT2D eigenvalue weighted by Gasteiger charge is 2.36. The highest BCUT2D eigenvalue weighted by Crippen LogP contribution is 2.32. The quantitative estimate of drug-likeness (QED) is 0.870. The zero-order valence-electron chi connectivity index (χ0n) is 15.1. The van der Waals surface area contributed by atoms with E-state index in [1.807, 2.05) is 4.90 Å². The summed E-state index contributed by atoms with van der Waals surface area (Å²) in [6.45, 7) is 4.28. The van der Waals surface area contributed by atoms with Gasteiger partial charge in [-0.3, -0.25) is 9.59 Å². The Morgan fingerprint density at radius 2 is 1.81 bits per heavy atom. The molecule has 0 spiro atoms. The Hall–Kier alpha value is -1.66. The molecule has 1 aliphatic heterocycles. The number of nitrogens with two attached hydrogens (primary N) is 1. The maximum atomic E-state index is 13.7. The van der Waals surface area contributed by atoms with Crippen LogP contribution in [0.2, 0.25) is 0 Å². The summed E-state index contributed by atoms with van der Waals surface area (Å²) in [6, 6.07) is 4.57. The molecule has 2 fully saturated rings. The number of aryl methyl sites for hydroxylation is 1. The molecule has 1 aromatic carbocycles. The second-order valence-corrected chi connectivity index (χ2v) is 7.11. The fourth-order valence-electron chi connectivity index (χ4n) is 3.92. The molecule has 1 saturated carbocycles. The molecule has 2 amide bonds. The molecule has 5 nitrogen and oxygen atoms in total. The number of hydrogen-bond acceptors (Lipinski definition) is 3. The van der Waals surface area contributed by atoms with Gasteiger partial charge in [0.2, 0.25) is 5.91 Å². The van der Waals surface area contributed by atoms with Crippen LogP contribution in [0, 0.1) is 24.6 Å². The zero-order valence-corrected chi connectivity index (χ0v) is 15.9. The summed E-state index contributed by atoms with van der Waals surface area (Å²) in [5.41, 5.74) is 6.68. The predicted octanol–water partition coefficient (Wildman–Crippen LogP) is 2.22. The Kier molecular flexibility index (Phi) is 7.01. The number of carbonyl (C=O) groups excluding carboxylic acids is 2. The monoisotopic (exact) mass is 383 g/mol. The zero-order chi connectivity index (χ0) is 18.0. The minimum atomic E-state index is -0.367. The van der Waals surface area contributed by atoms with Crippen LogP contribution in [0.1, 0.15) is 35.2 Å². The van der Waals surface area contributed by atoms with E-state index in [1.165, 1.54) is 6.07 Å². The van der Waals surface area contributed by atoms with Gasteiger partial charge in [-0.15, -0.1) is 12.4 Å². The van der Waals surface area contributed by atoms with Gasteiger partial charge in [-0.25, -0.2) is 4.39 Å². The first-order valence-electron chi connectivity index (χ1n) is 9.05. The average molecular weight is 384 g/mol. The molecule has 2 N–H and O–H groups in total. The molecule has 2 aliphatic rings. The van der Waals surface area contributed by atoms with Gasteiger partial charge in [-0.05, 0) is 49.9 Å². The Bertz CT molecular complexity index is 662. The van der Waals surface area contributed by atoms with Gasteiger partial charge in [-0.1, -0.05) is 12.5 Å². The molecular formula is C19H27ClFN3O2. The summed E-state index contributed by atoms with van der Waals surface area (Å²) in [5.74, 6) is -0.0250. The van der Waals surface area contributed by atoms with Crippen molar-refractivity contribution in [3.63, 3.8) is 0 Å². The smallest absolute Gasteiger partial charge is 0.254 e. The fourth-order valence-corrected chi connectivity index (χ4v) is 3.92. The van der Waals surface area contributed by atoms with Crippen molar-refractivity contribution in [2.75, 3.05) is 32.7 Å². The molecule has 0 unspecified atom stereocenters. The Balaban J connectivity index is 0.00000243. The van der Waals surface area contributed by atoms with Gasteiger partial charge in [0.15, 0.2) is 0 Å². The normalized spacial score (nSPS) is 22.9. The molecule has 0 bridgehead atoms. The van der Waals surface area contributed by atoms with E-state index >= 15 is 0 Å². The molecule has 1 saturated heterocycles. The van der Waals surface area contributed by atoms with Crippen LogP contribution in [0.4, 0.5) is 4.39 Å². The number of hydrogen-bond donors (Lipinski definition) is 1. The number of rotatable bonds is 3. The van der Waals surface area contributed by atoms with E-state index in [1.54, 1.807) is 24.0 Å². The molecule has 7 heteroatoms. The van der Waals surface area contributed by atoms with Crippen LogP contribution in [-0.2, 0) is 4.79 Å². The number of nitrogens with zero attached hydrogens (tertiary/aromatic N) is 2. The van der Waals surface area contributed by atoms with Crippen molar-refractivity contribution in [3.8, 4) is 0 Å². The summed E-state index contributed by atoms with van der Waals surface area (Å²) in [7, 11) is 0. The first kappa shape index (κ1) is 20.6. The van der Waals surface area contributed by atoms with E-state index in [0.29, 0.717) is 49.8 Å². The minimum absolute atomic E-state index is 0. The lowest BCUT2D eigenvalue weighted by Gasteiger charge is -2.36. The summed E-state index contributed by atoms with van der Waals surface area (Å²) in [6.07, 6.45) is 3.02. The third-order valence-corrected chi connectivity index (χ3v) is 5.58. The third kappa shape index (κ3) is 4.18. The van der Waals surface area contributed by atoms with Gasteiger partial charge in [0.05, 0.1) is 0 Å². The lowest BCUT2D eigenvalue weighted by atomic mass is 9.94. The molecule has 1 heterocycles. The van der Waals surface area contributed by atoms with Crippen molar-refractivity contribution in [2.24, 2.45) is 17.6 Å². The standard InChI is InChI=1S/C19H26FN3O2.ClH/c1-13-5-6-14(11-17(13)20)18(24)22-7-9-23(10-8-22)19(25)16-4-2-3-15(16)12-21;/h5-6,11,15-16H,2-4,7-10,12,21H2,1H3;1H/t15-,16-;/m1./s1. The van der Waals surface area contributed by atoms with Crippen LogP contribution >= 0.6 is 12.4 Å². The van der Waals surface area contributed by atoms with Crippen LogP contribution in [0.3, 0.4) is 0 Å². The maximum Gasteiger partial charge on any atom is 0.254 e. The van der Waals surface area contributed by atoms with Crippen molar-refractivity contribution in [3.05, 3.63) is 35.1 Å². The first-order chi connectivity index (χ1) is 12.0. The second-order valence-electron chi connectivity index (χ2n) is 7.11. The van der Waals surface area contributed by atoms with Crippen LogP contribution < -0.4 is 5.73 Å². The van der Waals surface area contributed by atoms with E-state index in [-0.39, 0.29) is 36.0 Å². The number of benzene rings is 1. The van der Waals surface area contributed by atoms with E-state index in [4.69, 9.17) is 5.73 Å². The number of piperazine rings is 1. The molecule has 1 aliphatic carbocycles. The van der Waals surface area contributed by atoms with Crippen LogP contribution in [0.5, 0.6) is 0 Å². The Labute approximate surface area is 160 Å². The van der Waals surface area contributed by atoms with Crippen LogP contribution in [0.25, 0.3) is 0 Å². The molecule has 144 valence electrons. The van der Waals surface area contributed by atoms with Crippen molar-refractivity contribution in [1.82, 2.24) is 9.80 Å². The fraction of sp³-hybridized carbons (Fsp3) is 0.579. The predicted molar refractivity (Wildman–Crippen MR) is 101 cm³/mol. The molecular weight excluding hydrogens is 357 g/mol. The molecule has 3 rings (SSSR count). The summed E-state index contributed by atoms with van der Waals surface area (Å²) < 4.78 is 13.7. The second kappa shape index (κ2) is 8.82.